The summed E-state index contributed by atoms with van der Waals surface area (Å²) in [7, 11) is 0. The lowest BCUT2D eigenvalue weighted by Crippen LogP contribution is -2.17. The van der Waals surface area contributed by atoms with E-state index in [1.807, 2.05) is 19.1 Å². The van der Waals surface area contributed by atoms with E-state index in [0.717, 1.165) is 11.3 Å². The molecular weight excluding hydrogens is 234 g/mol. The van der Waals surface area contributed by atoms with Crippen LogP contribution in [0.25, 0.3) is 0 Å². The standard InChI is InChI=1S/C13H15NO4/c1-8(11-4-3-5-17-11)14-7-10-6-12(13(15)16)18-9(10)2/h3-6,8,14H,7H2,1-2H3,(H,15,16)/t8-/m1/s1. The van der Waals surface area contributed by atoms with Crippen LogP contribution in [0.15, 0.2) is 33.3 Å². The molecule has 5 heteroatoms. The van der Waals surface area contributed by atoms with Gasteiger partial charge in [0.25, 0.3) is 0 Å². The van der Waals surface area contributed by atoms with Crippen LogP contribution in [0.4, 0.5) is 0 Å². The first-order valence-electron chi connectivity index (χ1n) is 5.67. The van der Waals surface area contributed by atoms with Crippen molar-refractivity contribution in [2.75, 3.05) is 0 Å². The molecule has 0 radical (unpaired) electrons. The number of furan rings is 2. The molecule has 0 saturated carbocycles. The van der Waals surface area contributed by atoms with Gasteiger partial charge >= 0.3 is 5.97 Å². The van der Waals surface area contributed by atoms with Crippen molar-refractivity contribution in [1.82, 2.24) is 5.32 Å². The fourth-order valence-corrected chi connectivity index (χ4v) is 1.70. The second-order valence-corrected chi connectivity index (χ2v) is 4.12. The average molecular weight is 249 g/mol. The molecule has 0 aliphatic heterocycles. The van der Waals surface area contributed by atoms with Crippen molar-refractivity contribution in [2.24, 2.45) is 0 Å². The van der Waals surface area contributed by atoms with Crippen LogP contribution < -0.4 is 5.32 Å². The molecule has 0 unspecified atom stereocenters. The lowest BCUT2D eigenvalue weighted by molar-refractivity contribution is 0.0661. The number of rotatable bonds is 5. The Morgan fingerprint density at radius 3 is 2.89 bits per heavy atom. The number of aromatic carboxylic acids is 1. The third kappa shape index (κ3) is 2.62. The molecule has 2 heterocycles. The SMILES string of the molecule is Cc1oc(C(=O)O)cc1CN[C@H](C)c1ccco1. The van der Waals surface area contributed by atoms with Crippen LogP contribution in [0.1, 0.15) is 40.6 Å². The molecule has 0 amide bonds. The number of carboxylic acid groups (broad SMARTS) is 1. The monoisotopic (exact) mass is 249 g/mol. The van der Waals surface area contributed by atoms with E-state index < -0.39 is 5.97 Å². The van der Waals surface area contributed by atoms with Crippen molar-refractivity contribution in [3.8, 4) is 0 Å². The van der Waals surface area contributed by atoms with Gasteiger partial charge in [0.2, 0.25) is 5.76 Å². The molecule has 0 fully saturated rings. The van der Waals surface area contributed by atoms with E-state index in [1.165, 1.54) is 0 Å². The van der Waals surface area contributed by atoms with Crippen LogP contribution in [0.2, 0.25) is 0 Å². The summed E-state index contributed by atoms with van der Waals surface area (Å²) in [5.41, 5.74) is 0.839. The maximum absolute atomic E-state index is 10.8. The predicted octanol–water partition coefficient (Wildman–Crippen LogP) is 2.73. The van der Waals surface area contributed by atoms with Gasteiger partial charge in [-0.1, -0.05) is 0 Å². The maximum Gasteiger partial charge on any atom is 0.371 e. The fourth-order valence-electron chi connectivity index (χ4n) is 1.70. The van der Waals surface area contributed by atoms with Gasteiger partial charge in [0, 0.05) is 12.1 Å². The molecule has 0 spiro atoms. The summed E-state index contributed by atoms with van der Waals surface area (Å²) in [5, 5.41) is 12.1. The molecule has 2 aromatic heterocycles. The largest absolute Gasteiger partial charge is 0.475 e. The summed E-state index contributed by atoms with van der Waals surface area (Å²) in [6.45, 7) is 4.26. The highest BCUT2D eigenvalue weighted by molar-refractivity contribution is 5.84. The van der Waals surface area contributed by atoms with E-state index in [2.05, 4.69) is 5.32 Å². The Bertz CT molecular complexity index is 527. The van der Waals surface area contributed by atoms with E-state index in [4.69, 9.17) is 13.9 Å². The lowest BCUT2D eigenvalue weighted by atomic mass is 10.2. The van der Waals surface area contributed by atoms with Crippen molar-refractivity contribution in [2.45, 2.75) is 26.4 Å². The molecule has 18 heavy (non-hydrogen) atoms. The summed E-state index contributed by atoms with van der Waals surface area (Å²) >= 11 is 0. The van der Waals surface area contributed by atoms with E-state index in [-0.39, 0.29) is 11.8 Å². The lowest BCUT2D eigenvalue weighted by Gasteiger charge is -2.10. The van der Waals surface area contributed by atoms with Gasteiger partial charge < -0.3 is 19.3 Å². The number of carboxylic acids is 1. The molecule has 1 atom stereocenters. The zero-order valence-electron chi connectivity index (χ0n) is 10.3. The Morgan fingerprint density at radius 2 is 2.33 bits per heavy atom. The quantitative estimate of drug-likeness (QED) is 0.852. The van der Waals surface area contributed by atoms with E-state index in [1.54, 1.807) is 19.3 Å². The molecule has 2 rings (SSSR count). The van der Waals surface area contributed by atoms with Crippen LogP contribution >= 0.6 is 0 Å². The first kappa shape index (κ1) is 12.4. The normalized spacial score (nSPS) is 12.6. The summed E-state index contributed by atoms with van der Waals surface area (Å²) in [6.07, 6.45) is 1.62. The molecule has 0 aliphatic carbocycles. The van der Waals surface area contributed by atoms with Gasteiger partial charge in [-0.3, -0.25) is 0 Å². The third-order valence-electron chi connectivity index (χ3n) is 2.80. The van der Waals surface area contributed by atoms with E-state index in [0.29, 0.717) is 12.3 Å². The van der Waals surface area contributed by atoms with Gasteiger partial charge in [-0.2, -0.15) is 0 Å². The molecule has 2 N–H and O–H groups in total. The minimum absolute atomic E-state index is 0.0325. The Morgan fingerprint density at radius 1 is 1.56 bits per heavy atom. The van der Waals surface area contributed by atoms with Gasteiger partial charge in [0.1, 0.15) is 11.5 Å². The maximum atomic E-state index is 10.8. The van der Waals surface area contributed by atoms with Gasteiger partial charge in [0.05, 0.1) is 12.3 Å². The molecule has 0 aliphatic rings. The van der Waals surface area contributed by atoms with Crippen molar-refractivity contribution in [1.29, 1.82) is 0 Å². The highest BCUT2D eigenvalue weighted by Gasteiger charge is 2.14. The van der Waals surface area contributed by atoms with Crippen LogP contribution in [-0.4, -0.2) is 11.1 Å². The molecule has 0 aromatic carbocycles. The van der Waals surface area contributed by atoms with Crippen molar-refractivity contribution in [3.05, 3.63) is 47.3 Å². The minimum atomic E-state index is -1.05. The zero-order valence-corrected chi connectivity index (χ0v) is 10.3. The van der Waals surface area contributed by atoms with Gasteiger partial charge in [-0.15, -0.1) is 0 Å². The smallest absolute Gasteiger partial charge is 0.371 e. The Labute approximate surface area is 104 Å². The molecule has 0 bridgehead atoms. The van der Waals surface area contributed by atoms with Crippen molar-refractivity contribution >= 4 is 5.97 Å². The van der Waals surface area contributed by atoms with Crippen LogP contribution in [-0.2, 0) is 6.54 Å². The molecule has 0 saturated heterocycles. The van der Waals surface area contributed by atoms with Gasteiger partial charge in [0.15, 0.2) is 0 Å². The van der Waals surface area contributed by atoms with E-state index in [9.17, 15) is 4.79 Å². The summed E-state index contributed by atoms with van der Waals surface area (Å²) in [4.78, 5) is 10.8. The van der Waals surface area contributed by atoms with Gasteiger partial charge in [-0.25, -0.2) is 4.79 Å². The summed E-state index contributed by atoms with van der Waals surface area (Å²) in [6, 6.07) is 5.32. The second-order valence-electron chi connectivity index (χ2n) is 4.12. The molecular formula is C13H15NO4. The summed E-state index contributed by atoms with van der Waals surface area (Å²) < 4.78 is 10.4. The fraction of sp³-hybridized carbons (Fsp3) is 0.308. The summed E-state index contributed by atoms with van der Waals surface area (Å²) in [5.74, 6) is 0.375. The number of carbonyl (C=O) groups is 1. The topological polar surface area (TPSA) is 75.6 Å². The Kier molecular flexibility index (Phi) is 3.53. The zero-order chi connectivity index (χ0) is 13.1. The predicted molar refractivity (Wildman–Crippen MR) is 64.4 cm³/mol. The van der Waals surface area contributed by atoms with Gasteiger partial charge in [-0.05, 0) is 32.0 Å². The highest BCUT2D eigenvalue weighted by atomic mass is 16.4. The Balaban J connectivity index is 2.00. The Hall–Kier alpha value is -2.01. The number of hydrogen-bond donors (Lipinski definition) is 2. The van der Waals surface area contributed by atoms with E-state index >= 15 is 0 Å². The highest BCUT2D eigenvalue weighted by Crippen LogP contribution is 2.17. The number of nitrogens with one attached hydrogen (secondary N) is 1. The average Bonchev–Trinajstić information content (AvgIpc) is 2.95. The van der Waals surface area contributed by atoms with Crippen molar-refractivity contribution in [3.63, 3.8) is 0 Å². The number of aryl methyl sites for hydroxylation is 1. The van der Waals surface area contributed by atoms with Crippen LogP contribution in [0.3, 0.4) is 0 Å². The van der Waals surface area contributed by atoms with Crippen molar-refractivity contribution < 1.29 is 18.7 Å². The third-order valence-corrected chi connectivity index (χ3v) is 2.80. The molecule has 5 nitrogen and oxygen atoms in total. The minimum Gasteiger partial charge on any atom is -0.475 e. The first-order valence-corrected chi connectivity index (χ1v) is 5.67. The molecule has 96 valence electrons. The van der Waals surface area contributed by atoms with Crippen LogP contribution in [0.5, 0.6) is 0 Å². The van der Waals surface area contributed by atoms with Crippen LogP contribution in [0, 0.1) is 6.92 Å². The second kappa shape index (κ2) is 5.10. The first-order chi connectivity index (χ1) is 8.58. The number of hydrogen-bond acceptors (Lipinski definition) is 4. The molecule has 2 aromatic rings.